The maximum absolute atomic E-state index is 9.81. The van der Waals surface area contributed by atoms with Crippen molar-refractivity contribution in [3.05, 3.63) is 212 Å². The molecule has 12 aromatic rings. The van der Waals surface area contributed by atoms with Gasteiger partial charge in [0, 0.05) is 38.0 Å². The highest BCUT2D eigenvalue weighted by molar-refractivity contribution is 6.19. The molecular formula is C54H35N3. The van der Waals surface area contributed by atoms with Crippen molar-refractivity contribution in [2.24, 2.45) is 0 Å². The van der Waals surface area contributed by atoms with Crippen LogP contribution < -0.4 is 0 Å². The Bertz CT molecular complexity index is 5190. The summed E-state index contributed by atoms with van der Waals surface area (Å²) in [6.07, 6.45) is 0. The van der Waals surface area contributed by atoms with Gasteiger partial charge < -0.3 is 13.7 Å². The van der Waals surface area contributed by atoms with Crippen molar-refractivity contribution >= 4 is 65.4 Å². The molecule has 0 N–H and O–H groups in total. The molecule has 9 aromatic carbocycles. The molecule has 0 unspecified atom stereocenters. The summed E-state index contributed by atoms with van der Waals surface area (Å²) in [6, 6.07) is -21.3. The van der Waals surface area contributed by atoms with Crippen LogP contribution in [0.4, 0.5) is 0 Å². The van der Waals surface area contributed by atoms with Crippen molar-refractivity contribution in [2.75, 3.05) is 0 Å². The Labute approximate surface area is 373 Å². The van der Waals surface area contributed by atoms with E-state index in [2.05, 4.69) is 0 Å². The minimum atomic E-state index is -1.03. The summed E-state index contributed by atoms with van der Waals surface area (Å²) in [5.74, 6) is 0. The van der Waals surface area contributed by atoms with E-state index in [9.17, 15) is 16.4 Å². The highest BCUT2D eigenvalue weighted by Gasteiger charge is 2.22. The van der Waals surface area contributed by atoms with E-state index in [4.69, 9.17) is 26.0 Å². The van der Waals surface area contributed by atoms with Crippen LogP contribution in [0.25, 0.3) is 105 Å². The molecule has 0 atom stereocenters. The monoisotopic (exact) mass is 756 g/mol. The highest BCUT2D eigenvalue weighted by Crippen LogP contribution is 2.43. The Kier molecular flexibility index (Phi) is 3.02. The molecule has 57 heavy (non-hydrogen) atoms. The van der Waals surface area contributed by atoms with Gasteiger partial charge in [-0.25, -0.2) is 0 Å². The Hall–Kier alpha value is -7.62. The van der Waals surface area contributed by atoms with Crippen LogP contribution in [0.1, 0.15) is 42.5 Å². The second-order valence-electron chi connectivity index (χ2n) is 12.6. The fraction of sp³-hybridized carbons (Fsp3) is 0. The summed E-state index contributed by atoms with van der Waals surface area (Å²) in [4.78, 5) is 0. The van der Waals surface area contributed by atoms with Crippen LogP contribution in [-0.4, -0.2) is 13.7 Å². The number of benzene rings is 9. The van der Waals surface area contributed by atoms with Gasteiger partial charge in [-0.3, -0.25) is 0 Å². The largest absolute Gasteiger partial charge is 0.309 e. The molecule has 266 valence electrons. The maximum atomic E-state index is 9.81. The molecule has 3 heteroatoms. The van der Waals surface area contributed by atoms with E-state index in [0.717, 1.165) is 13.7 Å². The SMILES string of the molecule is [2H]c1c([2H])c([2H])c(-c2c([2H])c([2H])c(-c3ccc(-n4c5c([2H])c([2H])c([2H])c([2H])c5c5c(-n6c7c([2H])c([2H])c([2H])c([2H])c7c7c(-n8c9c([2H])c([2H])c([2H])c([2H])c9c9c([2H])c([2H])c([2H])c([2H])c98)c([2H])c([2H])c([2H])c76)c([2H])c([2H])c([2H])c54)cc3)c([2H])c2[2H])c([2H])c1[2H]. The number of nitrogens with zero attached hydrogens (tertiary/aromatic N) is 3. The van der Waals surface area contributed by atoms with Gasteiger partial charge in [0.25, 0.3) is 0 Å². The number of hydrogen-bond acceptors (Lipinski definition) is 0. The van der Waals surface area contributed by atoms with Crippen molar-refractivity contribution in [2.45, 2.75) is 0 Å². The summed E-state index contributed by atoms with van der Waals surface area (Å²) < 4.78 is 283. The van der Waals surface area contributed by atoms with Gasteiger partial charge in [0.1, 0.15) is 0 Å². The molecule has 12 rings (SSSR count). The van der Waals surface area contributed by atoms with E-state index < -0.39 is 275 Å². The minimum absolute atomic E-state index is 0.0232. The molecular weight excluding hydrogens is 691 g/mol. The van der Waals surface area contributed by atoms with Crippen LogP contribution in [0.2, 0.25) is 0 Å². The standard InChI is InChI=1S/C54H35N3/c1-2-14-36(15-3-1)37-28-30-38(31-29-37)39-32-34-40(35-33-39)55-47-22-10-6-18-43(47)53-49(55)24-12-26-51(53)57-48-23-11-7-19-44(48)54-50(25-13-27-52(54)57)56-45-20-8-4-16-41(45)42-17-5-9-21-46(42)56/h1-35H/i1D,2D,3D,4D,5D,6D,7D,8D,9D,10D,11D,12D,13D,14D,15D,16D,17D,18D,19D,20D,21D,22D,23D,24D,25D,26D,27D,28D,29D,30D,31D. The van der Waals surface area contributed by atoms with E-state index in [1.165, 1.54) is 24.3 Å². The topological polar surface area (TPSA) is 14.8 Å². The first kappa shape index (κ1) is 13.8. The molecule has 3 heterocycles. The van der Waals surface area contributed by atoms with Crippen LogP contribution in [0, 0.1) is 0 Å². The fourth-order valence-electron chi connectivity index (χ4n) is 7.31. The number of hydrogen-bond donors (Lipinski definition) is 0. The lowest BCUT2D eigenvalue weighted by Gasteiger charge is -2.13. The average Bonchev–Trinajstić information content (AvgIpc) is 1.51. The van der Waals surface area contributed by atoms with Gasteiger partial charge in [-0.2, -0.15) is 0 Å². The third-order valence-electron chi connectivity index (χ3n) is 9.67. The van der Waals surface area contributed by atoms with Crippen molar-refractivity contribution < 1.29 is 42.5 Å². The summed E-state index contributed by atoms with van der Waals surface area (Å²) >= 11 is 0. The van der Waals surface area contributed by atoms with Crippen LogP contribution in [0.3, 0.4) is 0 Å². The molecule has 0 aliphatic carbocycles. The van der Waals surface area contributed by atoms with E-state index in [1.807, 2.05) is 0 Å². The van der Waals surface area contributed by atoms with E-state index in [1.54, 1.807) is 0 Å². The Morgan fingerprint density at radius 3 is 1.18 bits per heavy atom. The van der Waals surface area contributed by atoms with Gasteiger partial charge in [-0.15, -0.1) is 0 Å². The van der Waals surface area contributed by atoms with Crippen LogP contribution >= 0.6 is 0 Å². The van der Waals surface area contributed by atoms with E-state index >= 15 is 0 Å². The molecule has 3 aromatic heterocycles. The van der Waals surface area contributed by atoms with Crippen LogP contribution in [0.15, 0.2) is 212 Å². The zero-order chi connectivity index (χ0) is 64.4. The van der Waals surface area contributed by atoms with Crippen LogP contribution in [-0.2, 0) is 0 Å². The second-order valence-corrected chi connectivity index (χ2v) is 12.6. The molecule has 3 nitrogen and oxygen atoms in total. The summed E-state index contributed by atoms with van der Waals surface area (Å²) in [6.45, 7) is 0. The number of fused-ring (bicyclic) bond motifs is 9. The second kappa shape index (κ2) is 12.5. The molecule has 0 radical (unpaired) electrons. The molecule has 0 aliphatic heterocycles. The average molecular weight is 757 g/mol. The van der Waals surface area contributed by atoms with Gasteiger partial charge in [0.2, 0.25) is 0 Å². The molecule has 0 fully saturated rings. The van der Waals surface area contributed by atoms with Gasteiger partial charge in [-0.1, -0.05) is 151 Å². The van der Waals surface area contributed by atoms with Gasteiger partial charge in [-0.05, 0) is 82.7 Å². The summed E-state index contributed by atoms with van der Waals surface area (Å²) in [5, 5.41) is -3.16. The number of aromatic nitrogens is 3. The predicted octanol–water partition coefficient (Wildman–Crippen LogP) is 14.3. The van der Waals surface area contributed by atoms with Crippen molar-refractivity contribution in [1.29, 1.82) is 0 Å². The first-order valence-electron chi connectivity index (χ1n) is 32.6. The minimum Gasteiger partial charge on any atom is -0.309 e. The first-order chi connectivity index (χ1) is 41.2. The van der Waals surface area contributed by atoms with Crippen LogP contribution in [0.5, 0.6) is 0 Å². The molecule has 0 bridgehead atoms. The van der Waals surface area contributed by atoms with Crippen molar-refractivity contribution in [3.63, 3.8) is 0 Å². The first-order valence-corrected chi connectivity index (χ1v) is 17.1. The zero-order valence-corrected chi connectivity index (χ0v) is 28.7. The molecule has 0 aliphatic rings. The summed E-state index contributed by atoms with van der Waals surface area (Å²) in [7, 11) is 0. The third-order valence-corrected chi connectivity index (χ3v) is 9.67. The van der Waals surface area contributed by atoms with Gasteiger partial charge in [0.15, 0.2) is 0 Å². The highest BCUT2D eigenvalue weighted by atomic mass is 15.0. The van der Waals surface area contributed by atoms with Crippen molar-refractivity contribution in [3.8, 4) is 39.3 Å². The Morgan fingerprint density at radius 1 is 0.263 bits per heavy atom. The van der Waals surface area contributed by atoms with Gasteiger partial charge in [0.05, 0.1) is 87.0 Å². The zero-order valence-electron chi connectivity index (χ0n) is 59.7. The lowest BCUT2D eigenvalue weighted by Crippen LogP contribution is -1.98. The smallest absolute Gasteiger partial charge is 0.0645 e. The number of rotatable bonds is 5. The quantitative estimate of drug-likeness (QED) is 0.166. The third kappa shape index (κ3) is 4.73. The van der Waals surface area contributed by atoms with E-state index in [0.29, 0.717) is 0 Å². The lowest BCUT2D eigenvalue weighted by molar-refractivity contribution is 1.17. The Morgan fingerprint density at radius 2 is 0.632 bits per heavy atom. The fourth-order valence-corrected chi connectivity index (χ4v) is 7.31. The molecule has 0 spiro atoms. The summed E-state index contributed by atoms with van der Waals surface area (Å²) in [5.41, 5.74) is -6.49. The molecule has 0 saturated heterocycles. The van der Waals surface area contributed by atoms with E-state index in [-0.39, 0.29) is 16.8 Å². The van der Waals surface area contributed by atoms with Crippen molar-refractivity contribution in [1.82, 2.24) is 13.7 Å². The molecule has 0 amide bonds. The maximum Gasteiger partial charge on any atom is 0.0645 e. The molecule has 0 saturated carbocycles. The predicted molar refractivity (Wildman–Crippen MR) is 240 cm³/mol. The lowest BCUT2D eigenvalue weighted by atomic mass is 10.0. The van der Waals surface area contributed by atoms with Gasteiger partial charge >= 0.3 is 0 Å². The Balaban J connectivity index is 1.25. The normalized spacial score (nSPS) is 19.5. The number of para-hydroxylation sites is 4.